The first kappa shape index (κ1) is 26.2. The third-order valence-electron chi connectivity index (χ3n) is 5.53. The number of nitrogens with zero attached hydrogens (tertiary/aromatic N) is 2. The molecule has 0 fully saturated rings. The monoisotopic (exact) mass is 523 g/mol. The molecule has 6 nitrogen and oxygen atoms in total. The van der Waals surface area contributed by atoms with E-state index in [0.29, 0.717) is 21.7 Å². The van der Waals surface area contributed by atoms with Crippen molar-refractivity contribution in [3.05, 3.63) is 89.6 Å². The molecule has 2 N–H and O–H groups in total. The summed E-state index contributed by atoms with van der Waals surface area (Å²) in [6, 6.07) is 15.9. The van der Waals surface area contributed by atoms with Crippen LogP contribution in [0.25, 0.3) is 10.9 Å². The molecule has 9 heteroatoms. The second-order valence-electron chi connectivity index (χ2n) is 9.60. The van der Waals surface area contributed by atoms with E-state index in [0.717, 1.165) is 21.9 Å². The van der Waals surface area contributed by atoms with E-state index in [2.05, 4.69) is 0 Å². The van der Waals surface area contributed by atoms with E-state index >= 15 is 0 Å². The normalized spacial score (nSPS) is 11.5. The highest BCUT2D eigenvalue weighted by molar-refractivity contribution is 7.99. The number of anilines is 1. The van der Waals surface area contributed by atoms with Gasteiger partial charge in [-0.3, -0.25) is 9.69 Å². The van der Waals surface area contributed by atoms with Crippen molar-refractivity contribution in [3.8, 4) is 0 Å². The highest BCUT2D eigenvalue weighted by Crippen LogP contribution is 2.38. The Kier molecular flexibility index (Phi) is 7.27. The van der Waals surface area contributed by atoms with Crippen molar-refractivity contribution >= 4 is 40.4 Å². The number of halogens is 2. The highest BCUT2D eigenvalue weighted by atomic mass is 32.2. The number of nitrogens with two attached hydrogens (primary N) is 1. The third-order valence-corrected chi connectivity index (χ3v) is 6.65. The van der Waals surface area contributed by atoms with Crippen LogP contribution in [-0.4, -0.2) is 29.2 Å². The van der Waals surface area contributed by atoms with Gasteiger partial charge in [0.2, 0.25) is 5.91 Å². The molecule has 0 aliphatic heterocycles. The first-order valence-electron chi connectivity index (χ1n) is 11.5. The first-order valence-corrected chi connectivity index (χ1v) is 12.3. The van der Waals surface area contributed by atoms with Crippen molar-refractivity contribution in [2.75, 3.05) is 11.9 Å². The minimum atomic E-state index is -0.665. The van der Waals surface area contributed by atoms with E-state index in [-0.39, 0.29) is 6.54 Å². The number of amides is 2. The molecule has 0 saturated heterocycles. The molecular weight excluding hydrogens is 496 g/mol. The molecule has 192 valence electrons. The predicted molar refractivity (Wildman–Crippen MR) is 141 cm³/mol. The zero-order valence-electron chi connectivity index (χ0n) is 20.9. The fraction of sp³-hybridized carbons (Fsp3) is 0.214. The smallest absolute Gasteiger partial charge is 0.414 e. The molecule has 3 aromatic carbocycles. The molecule has 4 rings (SSSR count). The Labute approximate surface area is 218 Å². The van der Waals surface area contributed by atoms with Crippen LogP contribution in [0.3, 0.4) is 0 Å². The topological polar surface area (TPSA) is 77.6 Å². The standard InChI is InChI=1S/C28H27F2N3O3S/c1-28(2,3)36-27(35)32(4)20-9-10-21-23(14-20)33(15-17-11-18(29)13-19(30)12-17)16-25(21)37-24-8-6-5-7-22(24)26(31)34/h5-14,16H,15H2,1-4H3,(H2,31,34). The van der Waals surface area contributed by atoms with Gasteiger partial charge in [0.15, 0.2) is 0 Å². The molecule has 2 amide bonds. The average Bonchev–Trinajstić information content (AvgIpc) is 3.13. The van der Waals surface area contributed by atoms with Gasteiger partial charge in [-0.2, -0.15) is 0 Å². The summed E-state index contributed by atoms with van der Waals surface area (Å²) < 4.78 is 35.1. The fourth-order valence-corrected chi connectivity index (χ4v) is 5.00. The van der Waals surface area contributed by atoms with Crippen LogP contribution in [0.5, 0.6) is 0 Å². The summed E-state index contributed by atoms with van der Waals surface area (Å²) in [6.45, 7) is 5.55. The van der Waals surface area contributed by atoms with Gasteiger partial charge in [-0.25, -0.2) is 13.6 Å². The Morgan fingerprint density at radius 1 is 1.00 bits per heavy atom. The second kappa shape index (κ2) is 10.3. The molecule has 0 aliphatic rings. The van der Waals surface area contributed by atoms with Crippen LogP contribution in [0.1, 0.15) is 36.7 Å². The Morgan fingerprint density at radius 3 is 2.32 bits per heavy atom. The van der Waals surface area contributed by atoms with Crippen LogP contribution >= 0.6 is 11.8 Å². The van der Waals surface area contributed by atoms with E-state index in [1.807, 2.05) is 29.0 Å². The lowest BCUT2D eigenvalue weighted by atomic mass is 10.2. The fourth-order valence-electron chi connectivity index (χ4n) is 3.88. The molecular formula is C28H27F2N3O3S. The summed E-state index contributed by atoms with van der Waals surface area (Å²) in [5.41, 5.74) is 7.05. The van der Waals surface area contributed by atoms with Gasteiger partial charge < -0.3 is 15.0 Å². The van der Waals surface area contributed by atoms with Crippen LogP contribution in [0.2, 0.25) is 0 Å². The van der Waals surface area contributed by atoms with Gasteiger partial charge in [-0.1, -0.05) is 23.9 Å². The predicted octanol–water partition coefficient (Wildman–Crippen LogP) is 6.59. The van der Waals surface area contributed by atoms with Gasteiger partial charge in [-0.05, 0) is 68.8 Å². The van der Waals surface area contributed by atoms with Gasteiger partial charge in [0.1, 0.15) is 17.2 Å². The van der Waals surface area contributed by atoms with Crippen LogP contribution < -0.4 is 10.6 Å². The average molecular weight is 524 g/mol. The Bertz CT molecular complexity index is 1470. The molecule has 0 unspecified atom stereocenters. The lowest BCUT2D eigenvalue weighted by Gasteiger charge is -2.24. The van der Waals surface area contributed by atoms with Crippen LogP contribution in [0.4, 0.5) is 19.3 Å². The third kappa shape index (κ3) is 6.11. The summed E-state index contributed by atoms with van der Waals surface area (Å²) in [6.07, 6.45) is 1.34. The number of carbonyl (C=O) groups is 2. The molecule has 0 radical (unpaired) electrons. The maximum Gasteiger partial charge on any atom is 0.414 e. The number of rotatable bonds is 6. The number of fused-ring (bicyclic) bond motifs is 1. The number of benzene rings is 3. The van der Waals surface area contributed by atoms with Gasteiger partial charge in [0.05, 0.1) is 11.1 Å². The Hall–Kier alpha value is -3.85. The van der Waals surface area contributed by atoms with Gasteiger partial charge in [0, 0.05) is 46.7 Å². The maximum atomic E-state index is 13.9. The molecule has 0 aliphatic carbocycles. The van der Waals surface area contributed by atoms with E-state index < -0.39 is 29.2 Å². The second-order valence-corrected chi connectivity index (χ2v) is 10.7. The zero-order valence-corrected chi connectivity index (χ0v) is 21.7. The van der Waals surface area contributed by atoms with Crippen LogP contribution in [0.15, 0.2) is 76.7 Å². The molecule has 0 saturated carbocycles. The van der Waals surface area contributed by atoms with Crippen LogP contribution in [0, 0.1) is 11.6 Å². The van der Waals surface area contributed by atoms with Crippen molar-refractivity contribution in [1.82, 2.24) is 4.57 Å². The molecule has 0 atom stereocenters. The van der Waals surface area contributed by atoms with Gasteiger partial charge in [-0.15, -0.1) is 0 Å². The Balaban J connectivity index is 1.80. The van der Waals surface area contributed by atoms with Crippen LogP contribution in [-0.2, 0) is 11.3 Å². The molecule has 1 heterocycles. The first-order chi connectivity index (χ1) is 17.4. The van der Waals surface area contributed by atoms with Crippen molar-refractivity contribution in [2.45, 2.75) is 42.7 Å². The number of hydrogen-bond donors (Lipinski definition) is 1. The van der Waals surface area contributed by atoms with Crippen molar-refractivity contribution in [3.63, 3.8) is 0 Å². The quantitative estimate of drug-likeness (QED) is 0.309. The molecule has 0 spiro atoms. The molecule has 37 heavy (non-hydrogen) atoms. The summed E-state index contributed by atoms with van der Waals surface area (Å²) in [5.74, 6) is -1.87. The van der Waals surface area contributed by atoms with Gasteiger partial charge in [0.25, 0.3) is 0 Å². The number of ether oxygens (including phenoxy) is 1. The molecule has 4 aromatic rings. The highest BCUT2D eigenvalue weighted by Gasteiger charge is 2.22. The van der Waals surface area contributed by atoms with Crippen molar-refractivity contribution in [2.24, 2.45) is 5.73 Å². The van der Waals surface area contributed by atoms with E-state index in [1.165, 1.54) is 28.8 Å². The van der Waals surface area contributed by atoms with E-state index in [4.69, 9.17) is 10.5 Å². The molecule has 0 bridgehead atoms. The maximum absolute atomic E-state index is 13.9. The number of primary amides is 1. The number of carbonyl (C=O) groups excluding carboxylic acids is 2. The summed E-state index contributed by atoms with van der Waals surface area (Å²) in [4.78, 5) is 27.5. The summed E-state index contributed by atoms with van der Waals surface area (Å²) >= 11 is 1.36. The number of hydrogen-bond acceptors (Lipinski definition) is 4. The largest absolute Gasteiger partial charge is 0.443 e. The SMILES string of the molecule is CN(C(=O)OC(C)(C)C)c1ccc2c(Sc3ccccc3C(N)=O)cn(Cc3cc(F)cc(F)c3)c2c1. The van der Waals surface area contributed by atoms with Crippen molar-refractivity contribution in [1.29, 1.82) is 0 Å². The lowest BCUT2D eigenvalue weighted by Crippen LogP contribution is -2.34. The van der Waals surface area contributed by atoms with E-state index in [1.54, 1.807) is 52.1 Å². The summed E-state index contributed by atoms with van der Waals surface area (Å²) in [7, 11) is 1.61. The van der Waals surface area contributed by atoms with E-state index in [9.17, 15) is 18.4 Å². The summed E-state index contributed by atoms with van der Waals surface area (Å²) in [5, 5.41) is 0.836. The lowest BCUT2D eigenvalue weighted by molar-refractivity contribution is 0.0589. The zero-order chi connectivity index (χ0) is 26.9. The number of aromatic nitrogens is 1. The molecule has 1 aromatic heterocycles. The minimum absolute atomic E-state index is 0.183. The van der Waals surface area contributed by atoms with Crippen molar-refractivity contribution < 1.29 is 23.1 Å². The van der Waals surface area contributed by atoms with Gasteiger partial charge >= 0.3 is 6.09 Å². The minimum Gasteiger partial charge on any atom is -0.443 e. The Morgan fingerprint density at radius 2 is 1.68 bits per heavy atom.